The van der Waals surface area contributed by atoms with Gasteiger partial charge in [-0.1, -0.05) is 11.6 Å². The van der Waals surface area contributed by atoms with E-state index in [9.17, 15) is 4.79 Å². The van der Waals surface area contributed by atoms with Crippen molar-refractivity contribution >= 4 is 17.5 Å². The average Bonchev–Trinajstić information content (AvgIpc) is 2.77. The Morgan fingerprint density at radius 1 is 1.69 bits per heavy atom. The van der Waals surface area contributed by atoms with Crippen LogP contribution < -0.4 is 0 Å². The number of hydrogen-bond acceptors (Lipinski definition) is 3. The number of rotatable bonds is 2. The quantitative estimate of drug-likeness (QED) is 0.789. The second-order valence-electron chi connectivity index (χ2n) is 3.75. The van der Waals surface area contributed by atoms with Gasteiger partial charge in [-0.3, -0.25) is 9.78 Å². The summed E-state index contributed by atoms with van der Waals surface area (Å²) in [5, 5.41) is 0.397. The minimum absolute atomic E-state index is 0.0491. The fraction of sp³-hybridized carbons (Fsp3) is 0.455. The molecule has 16 heavy (non-hydrogen) atoms. The molecule has 1 saturated heterocycles. The van der Waals surface area contributed by atoms with Gasteiger partial charge in [0.2, 0.25) is 0 Å². The first-order valence-electron chi connectivity index (χ1n) is 5.14. The van der Waals surface area contributed by atoms with E-state index in [0.29, 0.717) is 17.1 Å². The summed E-state index contributed by atoms with van der Waals surface area (Å²) in [4.78, 5) is 17.7. The zero-order valence-electron chi connectivity index (χ0n) is 9.02. The van der Waals surface area contributed by atoms with Gasteiger partial charge >= 0.3 is 0 Å². The summed E-state index contributed by atoms with van der Waals surface area (Å²) < 4.78 is 5.22. The molecular weight excluding hydrogens is 228 g/mol. The highest BCUT2D eigenvalue weighted by Gasteiger charge is 2.27. The summed E-state index contributed by atoms with van der Waals surface area (Å²) in [6.07, 6.45) is 4.08. The van der Waals surface area contributed by atoms with Crippen LogP contribution in [0.2, 0.25) is 5.02 Å². The molecular formula is C11H13ClN2O2. The summed E-state index contributed by atoms with van der Waals surface area (Å²) in [6.45, 7) is 1.35. The first kappa shape index (κ1) is 11.4. The van der Waals surface area contributed by atoms with Crippen molar-refractivity contribution < 1.29 is 9.53 Å². The molecule has 86 valence electrons. The lowest BCUT2D eigenvalue weighted by molar-refractivity contribution is 0.0724. The lowest BCUT2D eigenvalue weighted by atomic mass is 10.2. The third-order valence-corrected chi connectivity index (χ3v) is 3.07. The van der Waals surface area contributed by atoms with Crippen LogP contribution in [0.1, 0.15) is 16.8 Å². The number of halogens is 1. The maximum atomic E-state index is 12.1. The maximum absolute atomic E-state index is 12.1. The van der Waals surface area contributed by atoms with E-state index in [1.54, 1.807) is 24.3 Å². The van der Waals surface area contributed by atoms with E-state index in [4.69, 9.17) is 16.3 Å². The van der Waals surface area contributed by atoms with Crippen LogP contribution in [0.5, 0.6) is 0 Å². The molecule has 1 fully saturated rings. The molecule has 0 bridgehead atoms. The van der Waals surface area contributed by atoms with Gasteiger partial charge in [-0.25, -0.2) is 0 Å². The van der Waals surface area contributed by atoms with Crippen LogP contribution in [0, 0.1) is 0 Å². The zero-order chi connectivity index (χ0) is 11.5. The molecule has 1 aliphatic rings. The highest BCUT2D eigenvalue weighted by molar-refractivity contribution is 6.33. The Balaban J connectivity index is 2.12. The van der Waals surface area contributed by atoms with Crippen LogP contribution in [-0.4, -0.2) is 42.1 Å². The zero-order valence-corrected chi connectivity index (χ0v) is 9.78. The summed E-state index contributed by atoms with van der Waals surface area (Å²) in [5.74, 6) is -0.0491. The van der Waals surface area contributed by atoms with Crippen LogP contribution in [0.25, 0.3) is 0 Å². The average molecular weight is 241 g/mol. The van der Waals surface area contributed by atoms with Crippen molar-refractivity contribution in [3.63, 3.8) is 0 Å². The van der Waals surface area contributed by atoms with Gasteiger partial charge in [-0.15, -0.1) is 0 Å². The number of methoxy groups -OCH3 is 1. The summed E-state index contributed by atoms with van der Waals surface area (Å²) in [6, 6.07) is 1.64. The molecule has 0 saturated carbocycles. The minimum atomic E-state index is -0.0491. The molecule has 0 aliphatic carbocycles. The second kappa shape index (κ2) is 4.80. The lowest BCUT2D eigenvalue weighted by Gasteiger charge is -2.16. The third kappa shape index (κ3) is 2.18. The first-order chi connectivity index (χ1) is 7.72. The van der Waals surface area contributed by atoms with Crippen molar-refractivity contribution in [2.24, 2.45) is 0 Å². The first-order valence-corrected chi connectivity index (χ1v) is 5.51. The molecule has 1 aromatic heterocycles. The molecule has 4 nitrogen and oxygen atoms in total. The number of hydrogen-bond donors (Lipinski definition) is 0. The van der Waals surface area contributed by atoms with Crippen molar-refractivity contribution in [1.29, 1.82) is 0 Å². The van der Waals surface area contributed by atoms with Crippen molar-refractivity contribution in [2.75, 3.05) is 20.2 Å². The number of pyridine rings is 1. The van der Waals surface area contributed by atoms with Gasteiger partial charge in [0.15, 0.2) is 0 Å². The predicted molar refractivity (Wildman–Crippen MR) is 60.6 cm³/mol. The monoisotopic (exact) mass is 240 g/mol. The third-order valence-electron chi connectivity index (χ3n) is 2.77. The van der Waals surface area contributed by atoms with Gasteiger partial charge in [0, 0.05) is 32.6 Å². The van der Waals surface area contributed by atoms with E-state index in [1.807, 2.05) is 0 Å². The van der Waals surface area contributed by atoms with E-state index in [-0.39, 0.29) is 12.0 Å². The van der Waals surface area contributed by atoms with E-state index < -0.39 is 0 Å². The Labute approximate surface area is 99.2 Å². The number of ether oxygens (including phenoxy) is 1. The van der Waals surface area contributed by atoms with Gasteiger partial charge in [0.25, 0.3) is 5.91 Å². The number of amides is 1. The normalized spacial score (nSPS) is 20.1. The van der Waals surface area contributed by atoms with Gasteiger partial charge in [-0.2, -0.15) is 0 Å². The number of nitrogens with zero attached hydrogens (tertiary/aromatic N) is 2. The van der Waals surface area contributed by atoms with Crippen molar-refractivity contribution in [3.05, 3.63) is 29.0 Å². The van der Waals surface area contributed by atoms with Crippen LogP contribution in [0.15, 0.2) is 18.5 Å². The molecule has 0 aromatic carbocycles. The molecule has 2 heterocycles. The Morgan fingerprint density at radius 3 is 3.12 bits per heavy atom. The minimum Gasteiger partial charge on any atom is -0.380 e. The fourth-order valence-corrected chi connectivity index (χ4v) is 2.02. The molecule has 0 spiro atoms. The van der Waals surface area contributed by atoms with E-state index >= 15 is 0 Å². The Morgan fingerprint density at radius 2 is 2.50 bits per heavy atom. The van der Waals surface area contributed by atoms with Gasteiger partial charge in [0.05, 0.1) is 16.7 Å². The van der Waals surface area contributed by atoms with Crippen molar-refractivity contribution in [3.8, 4) is 0 Å². The van der Waals surface area contributed by atoms with Crippen LogP contribution in [0.4, 0.5) is 0 Å². The Hall–Kier alpha value is -1.13. The molecule has 1 amide bonds. The predicted octanol–water partition coefficient (Wildman–Crippen LogP) is 1.60. The van der Waals surface area contributed by atoms with Crippen molar-refractivity contribution in [1.82, 2.24) is 9.88 Å². The summed E-state index contributed by atoms with van der Waals surface area (Å²) in [5.41, 5.74) is 0.508. The van der Waals surface area contributed by atoms with Crippen molar-refractivity contribution in [2.45, 2.75) is 12.5 Å². The van der Waals surface area contributed by atoms with Crippen LogP contribution in [-0.2, 0) is 4.74 Å². The van der Waals surface area contributed by atoms with E-state index in [2.05, 4.69) is 4.98 Å². The fourth-order valence-electron chi connectivity index (χ4n) is 1.82. The maximum Gasteiger partial charge on any atom is 0.255 e. The molecule has 1 atom stereocenters. The highest BCUT2D eigenvalue weighted by atomic mass is 35.5. The lowest BCUT2D eigenvalue weighted by Crippen LogP contribution is -2.30. The number of carbonyl (C=O) groups is 1. The van der Waals surface area contributed by atoms with Crippen LogP contribution >= 0.6 is 11.6 Å². The standard InChI is InChI=1S/C11H13ClN2O2/c1-16-8-3-5-14(7-8)11(15)9-2-4-13-6-10(9)12/h2,4,6,8H,3,5,7H2,1H3. The summed E-state index contributed by atoms with van der Waals surface area (Å²) in [7, 11) is 1.66. The molecule has 1 unspecified atom stereocenters. The number of likely N-dealkylation sites (tertiary alicyclic amines) is 1. The molecule has 1 aliphatic heterocycles. The second-order valence-corrected chi connectivity index (χ2v) is 4.16. The molecule has 2 rings (SSSR count). The Bertz CT molecular complexity index is 397. The Kier molecular flexibility index (Phi) is 3.41. The van der Waals surface area contributed by atoms with Crippen LogP contribution in [0.3, 0.4) is 0 Å². The summed E-state index contributed by atoms with van der Waals surface area (Å²) >= 11 is 5.93. The highest BCUT2D eigenvalue weighted by Crippen LogP contribution is 2.19. The van der Waals surface area contributed by atoms with E-state index in [0.717, 1.165) is 13.0 Å². The van der Waals surface area contributed by atoms with E-state index in [1.165, 1.54) is 6.20 Å². The van der Waals surface area contributed by atoms with Gasteiger partial charge in [0.1, 0.15) is 0 Å². The molecule has 0 N–H and O–H groups in total. The number of carbonyl (C=O) groups excluding carboxylic acids is 1. The molecule has 5 heteroatoms. The topological polar surface area (TPSA) is 42.4 Å². The smallest absolute Gasteiger partial charge is 0.255 e. The molecule has 1 aromatic rings. The largest absolute Gasteiger partial charge is 0.380 e. The number of aromatic nitrogens is 1. The SMILES string of the molecule is COC1CCN(C(=O)c2ccncc2Cl)C1. The molecule has 0 radical (unpaired) electrons. The van der Waals surface area contributed by atoms with Gasteiger partial charge < -0.3 is 9.64 Å². The van der Waals surface area contributed by atoms with Gasteiger partial charge in [-0.05, 0) is 12.5 Å².